The van der Waals surface area contributed by atoms with Gasteiger partial charge in [-0.25, -0.2) is 0 Å². The minimum absolute atomic E-state index is 0.227. The van der Waals surface area contributed by atoms with Crippen molar-refractivity contribution in [1.82, 2.24) is 4.90 Å². The number of ether oxygens (including phenoxy) is 3. The van der Waals surface area contributed by atoms with Gasteiger partial charge in [0.15, 0.2) is 11.5 Å². The number of piperidine rings is 1. The van der Waals surface area contributed by atoms with Crippen molar-refractivity contribution in [2.24, 2.45) is 5.92 Å². The maximum Gasteiger partial charge on any atom is 0.222 e. The normalized spacial score (nSPS) is 15.4. The Hall–Kier alpha value is -1.91. The van der Waals surface area contributed by atoms with Crippen LogP contribution in [0.15, 0.2) is 12.1 Å². The first-order chi connectivity index (χ1) is 11.1. The highest BCUT2D eigenvalue weighted by Crippen LogP contribution is 2.38. The molecule has 5 nitrogen and oxygen atoms in total. The van der Waals surface area contributed by atoms with Crippen LogP contribution in [0.4, 0.5) is 0 Å². The van der Waals surface area contributed by atoms with Crippen LogP contribution in [-0.2, 0) is 11.2 Å². The summed E-state index contributed by atoms with van der Waals surface area (Å²) in [7, 11) is 4.78. The van der Waals surface area contributed by atoms with Crippen molar-refractivity contribution in [2.45, 2.75) is 32.6 Å². The van der Waals surface area contributed by atoms with Crippen molar-refractivity contribution >= 4 is 5.91 Å². The Morgan fingerprint density at radius 3 is 2.13 bits per heavy atom. The van der Waals surface area contributed by atoms with Gasteiger partial charge in [0.2, 0.25) is 11.7 Å². The second kappa shape index (κ2) is 8.09. The molecule has 1 saturated heterocycles. The van der Waals surface area contributed by atoms with E-state index < -0.39 is 0 Å². The molecule has 0 aliphatic carbocycles. The number of aryl methyl sites for hydroxylation is 1. The molecule has 1 heterocycles. The summed E-state index contributed by atoms with van der Waals surface area (Å²) in [4.78, 5) is 14.3. The van der Waals surface area contributed by atoms with E-state index in [-0.39, 0.29) is 5.91 Å². The van der Waals surface area contributed by atoms with Gasteiger partial charge in [0.1, 0.15) is 0 Å². The minimum Gasteiger partial charge on any atom is -0.493 e. The number of amides is 1. The number of hydrogen-bond donors (Lipinski definition) is 0. The molecule has 0 aromatic heterocycles. The van der Waals surface area contributed by atoms with E-state index in [2.05, 4.69) is 6.92 Å². The number of carbonyl (C=O) groups is 1. The first-order valence-electron chi connectivity index (χ1n) is 8.15. The maximum absolute atomic E-state index is 12.3. The van der Waals surface area contributed by atoms with Gasteiger partial charge >= 0.3 is 0 Å². The van der Waals surface area contributed by atoms with Gasteiger partial charge in [-0.05, 0) is 42.9 Å². The zero-order valence-corrected chi connectivity index (χ0v) is 14.6. The van der Waals surface area contributed by atoms with Gasteiger partial charge in [-0.2, -0.15) is 0 Å². The molecule has 1 aliphatic rings. The standard InChI is InChI=1S/C18H27NO4/c1-13-7-9-19(10-8-13)17(20)6-5-14-11-15(21-2)18(23-4)16(12-14)22-3/h11-13H,5-10H2,1-4H3. The van der Waals surface area contributed by atoms with Gasteiger partial charge in [0.05, 0.1) is 21.3 Å². The monoisotopic (exact) mass is 321 g/mol. The van der Waals surface area contributed by atoms with Crippen LogP contribution < -0.4 is 14.2 Å². The lowest BCUT2D eigenvalue weighted by atomic mass is 9.98. The van der Waals surface area contributed by atoms with Gasteiger partial charge in [0, 0.05) is 19.5 Å². The Bertz CT molecular complexity index is 511. The lowest BCUT2D eigenvalue weighted by Gasteiger charge is -2.30. The average Bonchev–Trinajstić information content (AvgIpc) is 2.59. The highest BCUT2D eigenvalue weighted by Gasteiger charge is 2.20. The van der Waals surface area contributed by atoms with E-state index in [1.807, 2.05) is 17.0 Å². The fourth-order valence-electron chi connectivity index (χ4n) is 2.95. The second-order valence-corrected chi connectivity index (χ2v) is 6.10. The summed E-state index contributed by atoms with van der Waals surface area (Å²) in [5.41, 5.74) is 1.01. The highest BCUT2D eigenvalue weighted by atomic mass is 16.5. The predicted octanol–water partition coefficient (Wildman–Crippen LogP) is 2.90. The number of nitrogens with zero attached hydrogens (tertiary/aromatic N) is 1. The Kier molecular flexibility index (Phi) is 6.13. The van der Waals surface area contributed by atoms with Crippen LogP contribution in [0.25, 0.3) is 0 Å². The van der Waals surface area contributed by atoms with E-state index in [1.165, 1.54) is 0 Å². The summed E-state index contributed by atoms with van der Waals surface area (Å²) < 4.78 is 16.0. The summed E-state index contributed by atoms with van der Waals surface area (Å²) in [6, 6.07) is 3.82. The summed E-state index contributed by atoms with van der Waals surface area (Å²) in [5.74, 6) is 2.79. The Morgan fingerprint density at radius 1 is 1.09 bits per heavy atom. The third kappa shape index (κ3) is 4.30. The van der Waals surface area contributed by atoms with E-state index in [0.717, 1.165) is 37.4 Å². The molecule has 0 saturated carbocycles. The van der Waals surface area contributed by atoms with E-state index in [9.17, 15) is 4.79 Å². The van der Waals surface area contributed by atoms with Crippen molar-refractivity contribution in [3.05, 3.63) is 17.7 Å². The van der Waals surface area contributed by atoms with Crippen molar-refractivity contribution in [1.29, 1.82) is 0 Å². The fraction of sp³-hybridized carbons (Fsp3) is 0.611. The molecule has 1 amide bonds. The van der Waals surface area contributed by atoms with Crippen LogP contribution in [0.2, 0.25) is 0 Å². The first kappa shape index (κ1) is 17.4. The Balaban J connectivity index is 2.01. The van der Waals surface area contributed by atoms with Crippen molar-refractivity contribution < 1.29 is 19.0 Å². The van der Waals surface area contributed by atoms with Crippen LogP contribution in [0.5, 0.6) is 17.2 Å². The number of likely N-dealkylation sites (tertiary alicyclic amines) is 1. The molecule has 1 fully saturated rings. The second-order valence-electron chi connectivity index (χ2n) is 6.10. The molecule has 5 heteroatoms. The van der Waals surface area contributed by atoms with E-state index in [4.69, 9.17) is 14.2 Å². The molecule has 0 unspecified atom stereocenters. The molecule has 0 atom stereocenters. The van der Waals surface area contributed by atoms with Crippen molar-refractivity contribution in [3.8, 4) is 17.2 Å². The molecular formula is C18H27NO4. The lowest BCUT2D eigenvalue weighted by Crippen LogP contribution is -2.37. The smallest absolute Gasteiger partial charge is 0.222 e. The molecule has 0 N–H and O–H groups in total. The van der Waals surface area contributed by atoms with E-state index in [1.54, 1.807) is 21.3 Å². The maximum atomic E-state index is 12.3. The molecule has 1 aromatic rings. The predicted molar refractivity (Wildman–Crippen MR) is 89.4 cm³/mol. The van der Waals surface area contributed by atoms with Gasteiger partial charge in [-0.3, -0.25) is 4.79 Å². The largest absolute Gasteiger partial charge is 0.493 e. The van der Waals surface area contributed by atoms with Gasteiger partial charge < -0.3 is 19.1 Å². The average molecular weight is 321 g/mol. The summed E-state index contributed by atoms with van der Waals surface area (Å²) in [6.07, 6.45) is 3.39. The van der Waals surface area contributed by atoms with Gasteiger partial charge in [0.25, 0.3) is 0 Å². The summed E-state index contributed by atoms with van der Waals surface area (Å²) in [5, 5.41) is 0. The van der Waals surface area contributed by atoms with E-state index >= 15 is 0 Å². The zero-order chi connectivity index (χ0) is 16.8. The number of rotatable bonds is 6. The van der Waals surface area contributed by atoms with Crippen molar-refractivity contribution in [3.63, 3.8) is 0 Å². The van der Waals surface area contributed by atoms with Crippen LogP contribution in [-0.4, -0.2) is 45.2 Å². The Morgan fingerprint density at radius 2 is 1.65 bits per heavy atom. The summed E-state index contributed by atoms with van der Waals surface area (Å²) >= 11 is 0. The molecule has 128 valence electrons. The third-order valence-electron chi connectivity index (χ3n) is 4.49. The summed E-state index contributed by atoms with van der Waals surface area (Å²) in [6.45, 7) is 4.02. The molecule has 1 aromatic carbocycles. The lowest BCUT2D eigenvalue weighted by molar-refractivity contribution is -0.132. The molecule has 1 aliphatic heterocycles. The van der Waals surface area contributed by atoms with Crippen molar-refractivity contribution in [2.75, 3.05) is 34.4 Å². The molecule has 0 spiro atoms. The highest BCUT2D eigenvalue weighted by molar-refractivity contribution is 5.76. The van der Waals surface area contributed by atoms with Gasteiger partial charge in [-0.15, -0.1) is 0 Å². The molecule has 0 bridgehead atoms. The molecule has 0 radical (unpaired) electrons. The number of methoxy groups -OCH3 is 3. The van der Waals surface area contributed by atoms with Crippen LogP contribution in [0.1, 0.15) is 31.7 Å². The molecule has 23 heavy (non-hydrogen) atoms. The third-order valence-corrected chi connectivity index (χ3v) is 4.49. The number of carbonyl (C=O) groups excluding carboxylic acids is 1. The first-order valence-corrected chi connectivity index (χ1v) is 8.15. The minimum atomic E-state index is 0.227. The van der Waals surface area contributed by atoms with Gasteiger partial charge in [-0.1, -0.05) is 6.92 Å². The zero-order valence-electron chi connectivity index (χ0n) is 14.6. The quantitative estimate of drug-likeness (QED) is 0.808. The molecule has 2 rings (SSSR count). The number of benzene rings is 1. The van der Waals surface area contributed by atoms with Crippen LogP contribution in [0, 0.1) is 5.92 Å². The SMILES string of the molecule is COc1cc(CCC(=O)N2CCC(C)CC2)cc(OC)c1OC. The van der Waals surface area contributed by atoms with E-state index in [0.29, 0.717) is 30.1 Å². The Labute approximate surface area is 138 Å². The topological polar surface area (TPSA) is 48.0 Å². The fourth-order valence-corrected chi connectivity index (χ4v) is 2.95. The van der Waals surface area contributed by atoms with Crippen LogP contribution in [0.3, 0.4) is 0 Å². The van der Waals surface area contributed by atoms with Crippen LogP contribution >= 0.6 is 0 Å². The number of hydrogen-bond acceptors (Lipinski definition) is 4. The molecular weight excluding hydrogens is 294 g/mol.